The highest BCUT2D eigenvalue weighted by Gasteiger charge is 2.52. The van der Waals surface area contributed by atoms with Crippen LogP contribution in [0.3, 0.4) is 0 Å². The molecule has 1 fully saturated rings. The van der Waals surface area contributed by atoms with Crippen LogP contribution >= 0.6 is 0 Å². The summed E-state index contributed by atoms with van der Waals surface area (Å²) >= 11 is 0. The van der Waals surface area contributed by atoms with Crippen LogP contribution in [0.5, 0.6) is 0 Å². The molecule has 2 rings (SSSR count). The molecule has 5 nitrogen and oxygen atoms in total. The first-order valence-corrected chi connectivity index (χ1v) is 7.32. The van der Waals surface area contributed by atoms with Crippen molar-refractivity contribution in [3.05, 3.63) is 28.2 Å². The maximum Gasteiger partial charge on any atom is 0.496 e. The van der Waals surface area contributed by atoms with Crippen LogP contribution < -0.4 is 16.3 Å². The average Bonchev–Trinajstić information content (AvgIpc) is 2.60. The number of nitrogens with zero attached hydrogens (tertiary/aromatic N) is 1. The van der Waals surface area contributed by atoms with E-state index in [1.165, 1.54) is 0 Å². The van der Waals surface area contributed by atoms with Gasteiger partial charge in [0.05, 0.1) is 11.2 Å². The van der Waals surface area contributed by atoms with Crippen molar-refractivity contribution in [1.29, 1.82) is 0 Å². The molecule has 1 aliphatic rings. The molecule has 1 aromatic rings. The van der Waals surface area contributed by atoms with Gasteiger partial charge in [0, 0.05) is 30.8 Å². The third-order valence-corrected chi connectivity index (χ3v) is 4.70. The molecule has 1 saturated heterocycles. The Bertz CT molecular complexity index is 579. The molecule has 21 heavy (non-hydrogen) atoms. The Labute approximate surface area is 126 Å². The van der Waals surface area contributed by atoms with Crippen molar-refractivity contribution in [1.82, 2.24) is 9.88 Å². The molecule has 0 bridgehead atoms. The number of aryl methyl sites for hydroxylation is 1. The van der Waals surface area contributed by atoms with Gasteiger partial charge in [-0.2, -0.15) is 0 Å². The predicted octanol–water partition coefficient (Wildman–Crippen LogP) is 0.965. The van der Waals surface area contributed by atoms with Crippen molar-refractivity contribution in [2.75, 3.05) is 7.05 Å². The molecule has 0 amide bonds. The Kier molecular flexibility index (Phi) is 4.08. The summed E-state index contributed by atoms with van der Waals surface area (Å²) < 4.78 is 13.8. The Balaban J connectivity index is 2.50. The molecule has 0 radical (unpaired) electrons. The highest BCUT2D eigenvalue weighted by atomic mass is 16.7. The Morgan fingerprint density at radius 1 is 1.24 bits per heavy atom. The highest BCUT2D eigenvalue weighted by Crippen LogP contribution is 2.36. The molecular formula is C15H25BN2O3. The summed E-state index contributed by atoms with van der Waals surface area (Å²) in [6, 6.07) is 1.70. The van der Waals surface area contributed by atoms with Crippen LogP contribution in [0.4, 0.5) is 0 Å². The molecule has 0 saturated carbocycles. The summed E-state index contributed by atoms with van der Waals surface area (Å²) in [5.41, 5.74) is 0.989. The second-order valence-electron chi connectivity index (χ2n) is 6.73. The summed E-state index contributed by atoms with van der Waals surface area (Å²) in [7, 11) is 3.15. The second-order valence-corrected chi connectivity index (χ2v) is 6.73. The van der Waals surface area contributed by atoms with Crippen molar-refractivity contribution >= 4 is 12.6 Å². The van der Waals surface area contributed by atoms with Gasteiger partial charge < -0.3 is 19.2 Å². The van der Waals surface area contributed by atoms with Crippen LogP contribution in [0, 0.1) is 0 Å². The molecule has 1 aliphatic heterocycles. The summed E-state index contributed by atoms with van der Waals surface area (Å²) in [5, 5.41) is 3.17. The van der Waals surface area contributed by atoms with Gasteiger partial charge in [-0.1, -0.05) is 0 Å². The van der Waals surface area contributed by atoms with E-state index in [0.717, 1.165) is 11.0 Å². The number of nitrogens with one attached hydrogen (secondary N) is 1. The summed E-state index contributed by atoms with van der Waals surface area (Å²) in [5.74, 6) is 0. The molecule has 116 valence electrons. The normalized spacial score (nSPS) is 21.6. The lowest BCUT2D eigenvalue weighted by atomic mass is 9.75. The number of hydrogen-bond donors (Lipinski definition) is 1. The van der Waals surface area contributed by atoms with Crippen LogP contribution in [0.2, 0.25) is 0 Å². The van der Waals surface area contributed by atoms with Crippen LogP contribution in [-0.4, -0.2) is 29.9 Å². The fourth-order valence-electron chi connectivity index (χ4n) is 2.36. The summed E-state index contributed by atoms with van der Waals surface area (Å²) in [6.45, 7) is 10.1. The van der Waals surface area contributed by atoms with Crippen LogP contribution in [0.1, 0.15) is 46.2 Å². The van der Waals surface area contributed by atoms with Gasteiger partial charge in [0.2, 0.25) is 0 Å². The van der Waals surface area contributed by atoms with Crippen molar-refractivity contribution in [2.24, 2.45) is 7.05 Å². The summed E-state index contributed by atoms with van der Waals surface area (Å²) in [6.07, 6.45) is 1.81. The van der Waals surface area contributed by atoms with Gasteiger partial charge in [0.1, 0.15) is 0 Å². The fourth-order valence-corrected chi connectivity index (χ4v) is 2.36. The molecule has 0 unspecified atom stereocenters. The van der Waals surface area contributed by atoms with Gasteiger partial charge in [0.15, 0.2) is 0 Å². The van der Waals surface area contributed by atoms with Gasteiger partial charge in [-0.15, -0.1) is 0 Å². The van der Waals surface area contributed by atoms with Crippen LogP contribution in [0.15, 0.2) is 17.1 Å². The van der Waals surface area contributed by atoms with Gasteiger partial charge >= 0.3 is 7.12 Å². The van der Waals surface area contributed by atoms with Gasteiger partial charge in [-0.05, 0) is 47.2 Å². The minimum atomic E-state index is -0.465. The van der Waals surface area contributed by atoms with E-state index in [0.29, 0.717) is 0 Å². The zero-order valence-electron chi connectivity index (χ0n) is 14.0. The molecule has 0 spiro atoms. The van der Waals surface area contributed by atoms with Crippen molar-refractivity contribution in [3.63, 3.8) is 0 Å². The molecular weight excluding hydrogens is 267 g/mol. The third-order valence-electron chi connectivity index (χ3n) is 4.70. The molecule has 2 heterocycles. The zero-order chi connectivity index (χ0) is 16.0. The maximum absolute atomic E-state index is 11.9. The lowest BCUT2D eigenvalue weighted by Gasteiger charge is -2.32. The average molecular weight is 292 g/mol. The van der Waals surface area contributed by atoms with Gasteiger partial charge in [-0.3, -0.25) is 4.79 Å². The largest absolute Gasteiger partial charge is 0.496 e. The Hall–Kier alpha value is -1.11. The van der Waals surface area contributed by atoms with Gasteiger partial charge in [0.25, 0.3) is 5.56 Å². The highest BCUT2D eigenvalue weighted by molar-refractivity contribution is 6.62. The van der Waals surface area contributed by atoms with Crippen LogP contribution in [0.25, 0.3) is 0 Å². The smallest absolute Gasteiger partial charge is 0.399 e. The van der Waals surface area contributed by atoms with E-state index >= 15 is 0 Å². The maximum atomic E-state index is 11.9. The molecule has 1 aromatic heterocycles. The molecule has 0 aliphatic carbocycles. The first kappa shape index (κ1) is 16.3. The SMILES string of the molecule is CN[C@@H](C)c1cc(=O)n(C)cc1B1OC(C)(C)C(C)(C)O1. The third kappa shape index (κ3) is 2.80. The lowest BCUT2D eigenvalue weighted by Crippen LogP contribution is -2.41. The lowest BCUT2D eigenvalue weighted by molar-refractivity contribution is 0.00578. The van der Waals surface area contributed by atoms with E-state index in [9.17, 15) is 4.79 Å². The zero-order valence-corrected chi connectivity index (χ0v) is 14.0. The predicted molar refractivity (Wildman–Crippen MR) is 84.9 cm³/mol. The number of aromatic nitrogens is 1. The van der Waals surface area contributed by atoms with Crippen molar-refractivity contribution < 1.29 is 9.31 Å². The molecule has 1 atom stereocenters. The fraction of sp³-hybridized carbons (Fsp3) is 0.667. The minimum Gasteiger partial charge on any atom is -0.399 e. The van der Waals surface area contributed by atoms with E-state index < -0.39 is 18.3 Å². The van der Waals surface area contributed by atoms with Crippen molar-refractivity contribution in [2.45, 2.75) is 51.9 Å². The minimum absolute atomic E-state index is 0.0348. The van der Waals surface area contributed by atoms with E-state index in [2.05, 4.69) is 5.32 Å². The first-order chi connectivity index (χ1) is 9.59. The Morgan fingerprint density at radius 3 is 2.24 bits per heavy atom. The molecule has 6 heteroatoms. The van der Waals surface area contributed by atoms with Crippen LogP contribution in [-0.2, 0) is 16.4 Å². The first-order valence-electron chi connectivity index (χ1n) is 7.32. The van der Waals surface area contributed by atoms with Gasteiger partial charge in [-0.25, -0.2) is 0 Å². The quantitative estimate of drug-likeness (QED) is 0.843. The number of pyridine rings is 1. The molecule has 0 aromatic carbocycles. The number of hydrogen-bond acceptors (Lipinski definition) is 4. The van der Waals surface area contributed by atoms with E-state index in [-0.39, 0.29) is 11.6 Å². The van der Waals surface area contributed by atoms with Crippen molar-refractivity contribution in [3.8, 4) is 0 Å². The Morgan fingerprint density at radius 2 is 1.76 bits per heavy atom. The topological polar surface area (TPSA) is 52.5 Å². The standard InChI is InChI=1S/C15H25BN2O3/c1-10(17-6)11-8-13(19)18(7)9-12(11)16-20-14(2,3)15(4,5)21-16/h8-10,17H,1-7H3/t10-/m0/s1. The summed E-state index contributed by atoms with van der Waals surface area (Å²) in [4.78, 5) is 11.9. The van der Waals surface area contributed by atoms with E-state index in [4.69, 9.17) is 9.31 Å². The monoisotopic (exact) mass is 292 g/mol. The molecule has 1 N–H and O–H groups in total. The number of rotatable bonds is 3. The second kappa shape index (κ2) is 5.27. The van der Waals surface area contributed by atoms with E-state index in [1.54, 1.807) is 17.7 Å². The van der Waals surface area contributed by atoms with E-state index in [1.807, 2.05) is 47.9 Å².